The molecule has 2 amide bonds. The Labute approximate surface area is 188 Å². The molecule has 2 saturated heterocycles. The molecule has 164 valence electrons. The lowest BCUT2D eigenvalue weighted by Crippen LogP contribution is -2.42. The smallest absolute Gasteiger partial charge is 0.342 e. The van der Waals surface area contributed by atoms with Crippen molar-refractivity contribution >= 4 is 33.4 Å². The minimum absolute atomic E-state index is 0.00623. The Bertz CT molecular complexity index is 1080. The summed E-state index contributed by atoms with van der Waals surface area (Å²) >= 11 is 3.44. The molecule has 2 aliphatic heterocycles. The minimum atomic E-state index is -0.303. The van der Waals surface area contributed by atoms with Crippen LogP contribution in [-0.4, -0.2) is 50.7 Å². The van der Waals surface area contributed by atoms with Crippen LogP contribution in [0.3, 0.4) is 0 Å². The van der Waals surface area contributed by atoms with Crippen LogP contribution >= 0.6 is 15.9 Å². The number of hydrogen-bond donors (Lipinski definition) is 0. The molecule has 0 bridgehead atoms. The van der Waals surface area contributed by atoms with Gasteiger partial charge in [-0.1, -0.05) is 22.0 Å². The Balaban J connectivity index is 1.23. The van der Waals surface area contributed by atoms with Gasteiger partial charge in [-0.3, -0.25) is 14.2 Å². The van der Waals surface area contributed by atoms with Crippen LogP contribution < -0.4 is 10.6 Å². The van der Waals surface area contributed by atoms with Crippen molar-refractivity contribution in [1.82, 2.24) is 19.2 Å². The number of aryl methyl sites for hydroxylation is 1. The fourth-order valence-electron chi connectivity index (χ4n) is 4.84. The van der Waals surface area contributed by atoms with Crippen LogP contribution in [0.5, 0.6) is 0 Å². The number of halogens is 1. The third kappa shape index (κ3) is 3.84. The number of benzene rings is 1. The van der Waals surface area contributed by atoms with E-state index in [1.54, 1.807) is 11.9 Å². The van der Waals surface area contributed by atoms with E-state index in [0.29, 0.717) is 25.7 Å². The van der Waals surface area contributed by atoms with E-state index in [1.807, 2.05) is 33.7 Å². The van der Waals surface area contributed by atoms with Crippen molar-refractivity contribution in [2.75, 3.05) is 24.5 Å². The molecule has 0 N–H and O–H groups in total. The second-order valence-electron chi connectivity index (χ2n) is 8.85. The average Bonchev–Trinajstić information content (AvgIpc) is 3.46. The molecule has 2 aromatic rings. The maximum Gasteiger partial charge on any atom is 0.345 e. The van der Waals surface area contributed by atoms with E-state index < -0.39 is 0 Å². The summed E-state index contributed by atoms with van der Waals surface area (Å²) < 4.78 is 4.22. The average molecular weight is 488 g/mol. The van der Waals surface area contributed by atoms with Crippen LogP contribution in [0.15, 0.2) is 33.5 Å². The van der Waals surface area contributed by atoms with Gasteiger partial charge < -0.3 is 9.80 Å². The highest BCUT2D eigenvalue weighted by Crippen LogP contribution is 2.38. The van der Waals surface area contributed by atoms with E-state index in [4.69, 9.17) is 0 Å². The largest absolute Gasteiger partial charge is 0.345 e. The monoisotopic (exact) mass is 487 g/mol. The molecule has 8 nitrogen and oxygen atoms in total. The van der Waals surface area contributed by atoms with Gasteiger partial charge in [0.15, 0.2) is 0 Å². The number of amides is 2. The summed E-state index contributed by atoms with van der Waals surface area (Å²) in [5, 5.41) is 4.51. The van der Waals surface area contributed by atoms with Crippen molar-refractivity contribution < 1.29 is 9.59 Å². The van der Waals surface area contributed by atoms with Crippen LogP contribution in [0.4, 0.5) is 5.69 Å². The number of aromatic nitrogens is 3. The van der Waals surface area contributed by atoms with Gasteiger partial charge in [0.25, 0.3) is 0 Å². The first-order chi connectivity index (χ1) is 14.9. The van der Waals surface area contributed by atoms with E-state index in [2.05, 4.69) is 21.0 Å². The summed E-state index contributed by atoms with van der Waals surface area (Å²) in [4.78, 5) is 41.7. The third-order valence-corrected chi connectivity index (χ3v) is 7.15. The van der Waals surface area contributed by atoms with Crippen molar-refractivity contribution in [2.45, 2.75) is 44.1 Å². The fourth-order valence-corrected chi connectivity index (χ4v) is 5.22. The number of carbonyl (C=O) groups is 2. The summed E-state index contributed by atoms with van der Waals surface area (Å²) in [5.41, 5.74) is 0.787. The molecule has 1 aliphatic carbocycles. The van der Waals surface area contributed by atoms with Gasteiger partial charge in [0, 0.05) is 55.2 Å². The van der Waals surface area contributed by atoms with Crippen molar-refractivity contribution in [3.63, 3.8) is 0 Å². The summed E-state index contributed by atoms with van der Waals surface area (Å²) in [6.45, 7) is 1.70. The maximum atomic E-state index is 13.1. The topological polar surface area (TPSA) is 80.4 Å². The molecule has 5 rings (SSSR count). The van der Waals surface area contributed by atoms with Gasteiger partial charge in [0.2, 0.25) is 11.8 Å². The SMILES string of the molecule is Cn1nc(C2CCN(C(=O)C3CC(=O)N(c4cccc(Br)c4)C3)CC2)n(C2CC2)c1=O. The lowest BCUT2D eigenvalue weighted by molar-refractivity contribution is -0.136. The van der Waals surface area contributed by atoms with Gasteiger partial charge in [0.1, 0.15) is 5.82 Å². The normalized spacial score (nSPS) is 22.4. The Hall–Kier alpha value is -2.42. The molecule has 9 heteroatoms. The van der Waals surface area contributed by atoms with Gasteiger partial charge in [-0.2, -0.15) is 5.10 Å². The predicted octanol–water partition coefficient (Wildman–Crippen LogP) is 2.44. The van der Waals surface area contributed by atoms with Crippen molar-refractivity contribution in [3.05, 3.63) is 45.0 Å². The van der Waals surface area contributed by atoms with Gasteiger partial charge >= 0.3 is 5.69 Å². The predicted molar refractivity (Wildman–Crippen MR) is 119 cm³/mol. The molecule has 1 aromatic carbocycles. The molecule has 0 radical (unpaired) electrons. The maximum absolute atomic E-state index is 13.1. The Morgan fingerprint density at radius 2 is 1.87 bits per heavy atom. The fraction of sp³-hybridized carbons (Fsp3) is 0.545. The summed E-state index contributed by atoms with van der Waals surface area (Å²) in [6, 6.07) is 7.91. The first-order valence-electron chi connectivity index (χ1n) is 10.9. The van der Waals surface area contributed by atoms with E-state index in [0.717, 1.165) is 41.7 Å². The van der Waals surface area contributed by atoms with Crippen LogP contribution in [-0.2, 0) is 16.6 Å². The molecule has 1 unspecified atom stereocenters. The number of likely N-dealkylation sites (tertiary alicyclic amines) is 1. The van der Waals surface area contributed by atoms with Crippen LogP contribution in [0.1, 0.15) is 49.9 Å². The van der Waals surface area contributed by atoms with E-state index in [1.165, 1.54) is 4.68 Å². The zero-order valence-electron chi connectivity index (χ0n) is 17.5. The van der Waals surface area contributed by atoms with Crippen molar-refractivity contribution in [2.24, 2.45) is 13.0 Å². The van der Waals surface area contributed by atoms with Crippen LogP contribution in [0.2, 0.25) is 0 Å². The zero-order chi connectivity index (χ0) is 21.7. The zero-order valence-corrected chi connectivity index (χ0v) is 19.1. The Kier molecular flexibility index (Phi) is 5.24. The summed E-state index contributed by atoms with van der Waals surface area (Å²) in [5.74, 6) is 0.821. The second-order valence-corrected chi connectivity index (χ2v) is 9.77. The van der Waals surface area contributed by atoms with Crippen LogP contribution in [0.25, 0.3) is 0 Å². The lowest BCUT2D eigenvalue weighted by Gasteiger charge is -2.33. The molecule has 3 aliphatic rings. The van der Waals surface area contributed by atoms with Gasteiger partial charge in [-0.05, 0) is 43.9 Å². The first kappa shape index (κ1) is 20.5. The highest BCUT2D eigenvalue weighted by molar-refractivity contribution is 9.10. The summed E-state index contributed by atoms with van der Waals surface area (Å²) in [6.07, 6.45) is 3.93. The number of anilines is 1. The lowest BCUT2D eigenvalue weighted by atomic mass is 9.94. The highest BCUT2D eigenvalue weighted by atomic mass is 79.9. The van der Waals surface area contributed by atoms with Crippen molar-refractivity contribution in [1.29, 1.82) is 0 Å². The summed E-state index contributed by atoms with van der Waals surface area (Å²) in [7, 11) is 1.71. The molecule has 3 fully saturated rings. The van der Waals surface area contributed by atoms with E-state index >= 15 is 0 Å². The Morgan fingerprint density at radius 3 is 2.55 bits per heavy atom. The first-order valence-corrected chi connectivity index (χ1v) is 11.7. The molecule has 1 aromatic heterocycles. The number of rotatable bonds is 4. The molecule has 31 heavy (non-hydrogen) atoms. The number of nitrogens with zero attached hydrogens (tertiary/aromatic N) is 5. The molecule has 1 atom stereocenters. The quantitative estimate of drug-likeness (QED) is 0.663. The minimum Gasteiger partial charge on any atom is -0.342 e. The number of hydrogen-bond acceptors (Lipinski definition) is 4. The van der Waals surface area contributed by atoms with Gasteiger partial charge in [-0.15, -0.1) is 0 Å². The highest BCUT2D eigenvalue weighted by Gasteiger charge is 2.39. The van der Waals surface area contributed by atoms with Gasteiger partial charge in [0.05, 0.1) is 5.92 Å². The van der Waals surface area contributed by atoms with Gasteiger partial charge in [-0.25, -0.2) is 9.48 Å². The molecular formula is C22H26BrN5O3. The van der Waals surface area contributed by atoms with Crippen LogP contribution in [0, 0.1) is 5.92 Å². The number of piperidine rings is 1. The van der Waals surface area contributed by atoms with E-state index in [-0.39, 0.29) is 35.8 Å². The second kappa shape index (κ2) is 7.93. The molecule has 3 heterocycles. The molecular weight excluding hydrogens is 462 g/mol. The number of carbonyl (C=O) groups excluding carboxylic acids is 2. The molecule has 0 spiro atoms. The van der Waals surface area contributed by atoms with Crippen molar-refractivity contribution in [3.8, 4) is 0 Å². The van der Waals surface area contributed by atoms with E-state index in [9.17, 15) is 14.4 Å². The third-order valence-electron chi connectivity index (χ3n) is 6.66. The Morgan fingerprint density at radius 1 is 1.13 bits per heavy atom. The molecule has 1 saturated carbocycles. The standard InChI is InChI=1S/C22H26BrN5O3/c1-25-22(31)28(17-5-6-17)20(24-25)14-7-9-26(10-8-14)21(30)15-11-19(29)27(13-15)18-4-2-3-16(23)12-18/h2-4,12,14-15,17H,5-11,13H2,1H3.